The van der Waals surface area contributed by atoms with Crippen LogP contribution >= 0.6 is 0 Å². The van der Waals surface area contributed by atoms with Gasteiger partial charge in [-0.3, -0.25) is 9.18 Å². The van der Waals surface area contributed by atoms with Crippen molar-refractivity contribution in [2.24, 2.45) is 0 Å². The van der Waals surface area contributed by atoms with E-state index in [0.717, 1.165) is 11.1 Å². The fourth-order valence-corrected chi connectivity index (χ4v) is 3.34. The number of aliphatic hydroxyl groups is 1. The zero-order valence-electron chi connectivity index (χ0n) is 16.9. The molecule has 8 heteroatoms. The molecule has 2 aromatic rings. The van der Waals surface area contributed by atoms with Gasteiger partial charge >= 0.3 is 0 Å². The number of nitrogens with one attached hydrogen (secondary N) is 2. The highest BCUT2D eigenvalue weighted by molar-refractivity contribution is 5.72. The summed E-state index contributed by atoms with van der Waals surface area (Å²) in [5.41, 5.74) is 2.74. The van der Waals surface area contributed by atoms with Gasteiger partial charge in [0.2, 0.25) is 12.3 Å². The van der Waals surface area contributed by atoms with Crippen molar-refractivity contribution >= 4 is 11.6 Å². The SMILES string of the molecule is CC(=O)NC[C@H]1CN(c2ccc(-c3ccc(CNCCCF)cc3)c(F)c2)C(O)O1. The summed E-state index contributed by atoms with van der Waals surface area (Å²) in [7, 11) is 0. The molecule has 2 aromatic carbocycles. The number of hydrogen-bond donors (Lipinski definition) is 3. The maximum Gasteiger partial charge on any atom is 0.238 e. The molecule has 6 nitrogen and oxygen atoms in total. The number of rotatable bonds is 9. The van der Waals surface area contributed by atoms with Gasteiger partial charge in [-0.1, -0.05) is 24.3 Å². The molecule has 0 aliphatic carbocycles. The van der Waals surface area contributed by atoms with E-state index < -0.39 is 12.2 Å². The molecule has 0 spiro atoms. The quantitative estimate of drug-likeness (QED) is 0.545. The van der Waals surface area contributed by atoms with Crippen LogP contribution < -0.4 is 15.5 Å². The van der Waals surface area contributed by atoms with Gasteiger partial charge in [-0.25, -0.2) is 4.39 Å². The molecular formula is C22H27F2N3O3. The third kappa shape index (κ3) is 5.75. The highest BCUT2D eigenvalue weighted by Crippen LogP contribution is 2.30. The largest absolute Gasteiger partial charge is 0.354 e. The van der Waals surface area contributed by atoms with E-state index in [0.29, 0.717) is 37.3 Å². The molecule has 0 bridgehead atoms. The van der Waals surface area contributed by atoms with Gasteiger partial charge in [-0.2, -0.15) is 0 Å². The van der Waals surface area contributed by atoms with Crippen molar-refractivity contribution in [3.63, 3.8) is 0 Å². The lowest BCUT2D eigenvalue weighted by Gasteiger charge is -2.21. The second-order valence-electron chi connectivity index (χ2n) is 7.25. The zero-order valence-corrected chi connectivity index (χ0v) is 16.9. The van der Waals surface area contributed by atoms with Crippen molar-refractivity contribution in [3.05, 3.63) is 53.8 Å². The number of halogens is 2. The first-order valence-corrected chi connectivity index (χ1v) is 9.98. The summed E-state index contributed by atoms with van der Waals surface area (Å²) in [5, 5.41) is 15.9. The van der Waals surface area contributed by atoms with E-state index in [9.17, 15) is 18.7 Å². The number of ether oxygens (including phenoxy) is 1. The summed E-state index contributed by atoms with van der Waals surface area (Å²) in [4.78, 5) is 12.6. The number of nitrogens with zero attached hydrogens (tertiary/aromatic N) is 1. The predicted molar refractivity (Wildman–Crippen MR) is 111 cm³/mol. The Morgan fingerprint density at radius 3 is 2.70 bits per heavy atom. The molecule has 0 aromatic heterocycles. The van der Waals surface area contributed by atoms with E-state index >= 15 is 0 Å². The van der Waals surface area contributed by atoms with Crippen LogP contribution in [0.5, 0.6) is 0 Å². The van der Waals surface area contributed by atoms with E-state index in [-0.39, 0.29) is 25.2 Å². The fourth-order valence-electron chi connectivity index (χ4n) is 3.34. The number of hydrogen-bond acceptors (Lipinski definition) is 5. The van der Waals surface area contributed by atoms with Crippen molar-refractivity contribution in [1.82, 2.24) is 10.6 Å². The fraction of sp³-hybridized carbons (Fsp3) is 0.409. The van der Waals surface area contributed by atoms with Gasteiger partial charge in [0, 0.05) is 31.3 Å². The number of anilines is 1. The highest BCUT2D eigenvalue weighted by atomic mass is 19.1. The van der Waals surface area contributed by atoms with Crippen molar-refractivity contribution < 1.29 is 23.4 Å². The number of aliphatic hydroxyl groups excluding tert-OH is 1. The number of amides is 1. The molecule has 1 aliphatic rings. The second-order valence-corrected chi connectivity index (χ2v) is 7.25. The van der Waals surface area contributed by atoms with E-state index in [1.165, 1.54) is 13.0 Å². The molecule has 3 rings (SSSR count). The Kier molecular flexibility index (Phi) is 7.73. The second kappa shape index (κ2) is 10.5. The van der Waals surface area contributed by atoms with Gasteiger partial charge in [-0.15, -0.1) is 0 Å². The van der Waals surface area contributed by atoms with Crippen LogP contribution in [0.2, 0.25) is 0 Å². The Morgan fingerprint density at radius 1 is 1.27 bits per heavy atom. The van der Waals surface area contributed by atoms with Gasteiger partial charge in [0.1, 0.15) is 5.82 Å². The smallest absolute Gasteiger partial charge is 0.238 e. The topological polar surface area (TPSA) is 73.8 Å². The van der Waals surface area contributed by atoms with E-state index in [2.05, 4.69) is 10.6 Å². The molecule has 0 saturated carbocycles. The third-order valence-corrected chi connectivity index (χ3v) is 4.93. The minimum Gasteiger partial charge on any atom is -0.354 e. The van der Waals surface area contributed by atoms with Crippen LogP contribution in [0.25, 0.3) is 11.1 Å². The van der Waals surface area contributed by atoms with Crippen LogP contribution in [0.3, 0.4) is 0 Å². The van der Waals surface area contributed by atoms with Crippen LogP contribution in [0, 0.1) is 5.82 Å². The van der Waals surface area contributed by atoms with E-state index in [1.54, 1.807) is 17.0 Å². The van der Waals surface area contributed by atoms with Crippen LogP contribution in [-0.2, 0) is 16.1 Å². The molecule has 1 heterocycles. The van der Waals surface area contributed by atoms with Crippen molar-refractivity contribution in [2.45, 2.75) is 32.4 Å². The lowest BCUT2D eigenvalue weighted by molar-refractivity contribution is -0.121. The molecular weight excluding hydrogens is 392 g/mol. The summed E-state index contributed by atoms with van der Waals surface area (Å²) < 4.78 is 32.3. The third-order valence-electron chi connectivity index (χ3n) is 4.93. The van der Waals surface area contributed by atoms with Gasteiger partial charge in [0.25, 0.3) is 0 Å². The first-order valence-electron chi connectivity index (χ1n) is 9.98. The normalized spacial score (nSPS) is 18.6. The summed E-state index contributed by atoms with van der Waals surface area (Å²) in [6.45, 7) is 2.94. The van der Waals surface area contributed by atoms with Crippen LogP contribution in [0.4, 0.5) is 14.5 Å². The highest BCUT2D eigenvalue weighted by Gasteiger charge is 2.32. The molecule has 30 heavy (non-hydrogen) atoms. The molecule has 3 N–H and O–H groups in total. The monoisotopic (exact) mass is 419 g/mol. The summed E-state index contributed by atoms with van der Waals surface area (Å²) in [6.07, 6.45) is -1.09. The molecule has 1 fully saturated rings. The van der Waals surface area contributed by atoms with Crippen molar-refractivity contribution in [1.29, 1.82) is 0 Å². The first kappa shape index (κ1) is 22.1. The van der Waals surface area contributed by atoms with Crippen molar-refractivity contribution in [3.8, 4) is 11.1 Å². The molecule has 2 atom stereocenters. The summed E-state index contributed by atoms with van der Waals surface area (Å²) >= 11 is 0. The number of benzene rings is 2. The first-order chi connectivity index (χ1) is 14.5. The zero-order chi connectivity index (χ0) is 21.5. The number of carbonyl (C=O) groups is 1. The molecule has 1 amide bonds. The molecule has 0 radical (unpaired) electrons. The average molecular weight is 419 g/mol. The number of carbonyl (C=O) groups excluding carboxylic acids is 1. The lowest BCUT2D eigenvalue weighted by Crippen LogP contribution is -2.33. The predicted octanol–water partition coefficient (Wildman–Crippen LogP) is 2.56. The Bertz CT molecular complexity index is 848. The van der Waals surface area contributed by atoms with Gasteiger partial charge in [0.05, 0.1) is 19.3 Å². The minimum atomic E-state index is -1.20. The van der Waals surface area contributed by atoms with Crippen molar-refractivity contribution in [2.75, 3.05) is 31.2 Å². The average Bonchev–Trinajstić information content (AvgIpc) is 3.11. The molecule has 1 unspecified atom stereocenters. The Morgan fingerprint density at radius 2 is 2.03 bits per heavy atom. The van der Waals surface area contributed by atoms with Crippen LogP contribution in [0.15, 0.2) is 42.5 Å². The van der Waals surface area contributed by atoms with E-state index in [1.807, 2.05) is 24.3 Å². The summed E-state index contributed by atoms with van der Waals surface area (Å²) in [6, 6.07) is 12.3. The minimum absolute atomic E-state index is 0.177. The Balaban J connectivity index is 1.64. The lowest BCUT2D eigenvalue weighted by atomic mass is 10.0. The van der Waals surface area contributed by atoms with Gasteiger partial charge < -0.3 is 25.4 Å². The molecule has 162 valence electrons. The standard InChI is InChI=1S/C22H27F2N3O3/c1-15(28)26-13-19-14-27(22(29)30-19)18-7-8-20(21(24)11-18)17-5-3-16(4-6-17)12-25-10-2-9-23/h3-8,11,19,22,25,29H,2,9-10,12-14H2,1H3,(H,26,28)/t19-,22?/m0/s1. The summed E-state index contributed by atoms with van der Waals surface area (Å²) in [5.74, 6) is -0.581. The Hall–Kier alpha value is -2.55. The van der Waals surface area contributed by atoms with Crippen LogP contribution in [0.1, 0.15) is 18.9 Å². The Labute approximate surface area is 174 Å². The maximum absolute atomic E-state index is 14.8. The molecule has 1 aliphatic heterocycles. The maximum atomic E-state index is 14.8. The van der Waals surface area contributed by atoms with Gasteiger partial charge in [0.15, 0.2) is 0 Å². The van der Waals surface area contributed by atoms with Crippen LogP contribution in [-0.4, -0.2) is 49.8 Å². The molecule has 1 saturated heterocycles. The number of alkyl halides is 1. The van der Waals surface area contributed by atoms with Gasteiger partial charge in [-0.05, 0) is 42.3 Å². The van der Waals surface area contributed by atoms with E-state index in [4.69, 9.17) is 4.74 Å².